The van der Waals surface area contributed by atoms with Crippen LogP contribution in [0.4, 0.5) is 0 Å². The highest BCUT2D eigenvalue weighted by atomic mass is 28.3. The fourth-order valence-electron chi connectivity index (χ4n) is 2.25. The van der Waals surface area contributed by atoms with Crippen LogP contribution in [0, 0.1) is 0 Å². The van der Waals surface area contributed by atoms with Crippen molar-refractivity contribution in [2.24, 2.45) is 0 Å². The molecule has 0 fully saturated rings. The lowest BCUT2D eigenvalue weighted by Crippen LogP contribution is -2.47. The average molecular weight is 245 g/mol. The number of rotatable bonds is 7. The van der Waals surface area contributed by atoms with Gasteiger partial charge in [0.2, 0.25) is 0 Å². The molecule has 0 aliphatic heterocycles. The first-order valence-corrected chi connectivity index (χ1v) is 9.34. The van der Waals surface area contributed by atoms with Crippen molar-refractivity contribution in [3.05, 3.63) is 49.7 Å². The Morgan fingerprint density at radius 2 is 2.06 bits per heavy atom. The molecule has 1 heterocycles. The minimum absolute atomic E-state index is 0.702. The molecule has 0 saturated heterocycles. The van der Waals surface area contributed by atoms with Gasteiger partial charge in [-0.3, -0.25) is 4.98 Å². The van der Waals surface area contributed by atoms with Gasteiger partial charge in [-0.1, -0.05) is 31.3 Å². The van der Waals surface area contributed by atoms with E-state index in [1.807, 2.05) is 24.4 Å². The van der Waals surface area contributed by atoms with Gasteiger partial charge in [-0.15, -0.1) is 13.2 Å². The maximum absolute atomic E-state index is 4.56. The molecule has 2 heteroatoms. The molecule has 1 aromatic rings. The van der Waals surface area contributed by atoms with E-state index in [1.54, 1.807) is 0 Å². The van der Waals surface area contributed by atoms with E-state index in [9.17, 15) is 0 Å². The molecular weight excluding hydrogens is 222 g/mol. The van der Waals surface area contributed by atoms with E-state index in [-0.39, 0.29) is 0 Å². The third kappa shape index (κ3) is 3.67. The third-order valence-corrected chi connectivity index (χ3v) is 7.70. The first-order chi connectivity index (χ1) is 8.12. The quantitative estimate of drug-likeness (QED) is 0.524. The molecule has 0 saturated carbocycles. The molecule has 1 atom stereocenters. The van der Waals surface area contributed by atoms with Gasteiger partial charge >= 0.3 is 0 Å². The van der Waals surface area contributed by atoms with Crippen LogP contribution >= 0.6 is 0 Å². The van der Waals surface area contributed by atoms with Gasteiger partial charge < -0.3 is 0 Å². The molecule has 0 N–H and O–H groups in total. The second-order valence-electron chi connectivity index (χ2n) is 5.02. The van der Waals surface area contributed by atoms with E-state index in [2.05, 4.69) is 43.4 Å². The van der Waals surface area contributed by atoms with Crippen LogP contribution in [0.25, 0.3) is 0 Å². The zero-order valence-electron chi connectivity index (χ0n) is 11.0. The molecule has 0 aliphatic carbocycles. The average Bonchev–Trinajstić information content (AvgIpc) is 2.35. The van der Waals surface area contributed by atoms with Gasteiger partial charge in [0.1, 0.15) is 8.07 Å². The second-order valence-corrected chi connectivity index (χ2v) is 9.80. The number of aromatic nitrogens is 1. The molecule has 1 rings (SSSR count). The van der Waals surface area contributed by atoms with Crippen molar-refractivity contribution < 1.29 is 0 Å². The van der Waals surface area contributed by atoms with E-state index in [0.29, 0.717) is 5.54 Å². The Kier molecular flexibility index (Phi) is 5.36. The highest BCUT2D eigenvalue weighted by molar-refractivity contribution is 6.90. The molecule has 92 valence electrons. The molecule has 1 nitrogen and oxygen atoms in total. The summed E-state index contributed by atoms with van der Waals surface area (Å²) >= 11 is 0. The van der Waals surface area contributed by atoms with Crippen LogP contribution in [-0.4, -0.2) is 13.1 Å². The Morgan fingerprint density at radius 1 is 1.29 bits per heavy atom. The fourth-order valence-corrected chi connectivity index (χ4v) is 5.24. The molecular formula is C15H23NSi. The summed E-state index contributed by atoms with van der Waals surface area (Å²) in [5, 5.41) is 1.30. The normalized spacial score (nSPS) is 13.1. The summed E-state index contributed by atoms with van der Waals surface area (Å²) in [6.45, 7) is 12.5. The number of hydrogen-bond donors (Lipinski definition) is 0. The Balaban J connectivity index is 2.90. The standard InChI is InChI=1S/C15H23NSi/c1-5-7-11-14(10-6-2)17(3,4)15-12-8-9-13-16-15/h5-6,8-9,12-14H,1-2,7,10-11H2,3-4H3. The van der Waals surface area contributed by atoms with Crippen LogP contribution in [0.1, 0.15) is 19.3 Å². The molecule has 0 radical (unpaired) electrons. The van der Waals surface area contributed by atoms with Crippen LogP contribution in [0.3, 0.4) is 0 Å². The minimum atomic E-state index is -1.50. The van der Waals surface area contributed by atoms with Gasteiger partial charge in [-0.2, -0.15) is 0 Å². The Bertz CT molecular complexity index is 356. The molecule has 1 unspecified atom stereocenters. The lowest BCUT2D eigenvalue weighted by molar-refractivity contribution is 0.736. The van der Waals surface area contributed by atoms with Gasteiger partial charge in [0.15, 0.2) is 0 Å². The molecule has 0 amide bonds. The third-order valence-electron chi connectivity index (χ3n) is 3.52. The lowest BCUT2D eigenvalue weighted by atomic mass is 10.2. The largest absolute Gasteiger partial charge is 0.266 e. The van der Waals surface area contributed by atoms with Gasteiger partial charge in [0.05, 0.1) is 0 Å². The highest BCUT2D eigenvalue weighted by Crippen LogP contribution is 2.30. The maximum atomic E-state index is 4.56. The van der Waals surface area contributed by atoms with Crippen LogP contribution in [0.5, 0.6) is 0 Å². The fraction of sp³-hybridized carbons (Fsp3) is 0.400. The lowest BCUT2D eigenvalue weighted by Gasteiger charge is -2.31. The Hall–Kier alpha value is -1.15. The van der Waals surface area contributed by atoms with Crippen molar-refractivity contribution in [1.29, 1.82) is 0 Å². The second kappa shape index (κ2) is 6.55. The van der Waals surface area contributed by atoms with E-state index >= 15 is 0 Å². The van der Waals surface area contributed by atoms with Crippen molar-refractivity contribution in [3.63, 3.8) is 0 Å². The van der Waals surface area contributed by atoms with Gasteiger partial charge in [0, 0.05) is 11.5 Å². The van der Waals surface area contributed by atoms with E-state index in [4.69, 9.17) is 0 Å². The van der Waals surface area contributed by atoms with Crippen LogP contribution < -0.4 is 5.32 Å². The first-order valence-electron chi connectivity index (χ1n) is 6.26. The van der Waals surface area contributed by atoms with Crippen molar-refractivity contribution in [2.45, 2.75) is 37.9 Å². The Labute approximate surface area is 106 Å². The summed E-state index contributed by atoms with van der Waals surface area (Å²) in [7, 11) is -1.50. The molecule has 1 aromatic heterocycles. The van der Waals surface area contributed by atoms with Crippen LogP contribution in [0.15, 0.2) is 49.7 Å². The number of allylic oxidation sites excluding steroid dienone is 2. The monoisotopic (exact) mass is 245 g/mol. The molecule has 0 aromatic carbocycles. The molecule has 0 aliphatic rings. The van der Waals surface area contributed by atoms with E-state index < -0.39 is 8.07 Å². The van der Waals surface area contributed by atoms with Gasteiger partial charge in [-0.25, -0.2) is 0 Å². The summed E-state index contributed by atoms with van der Waals surface area (Å²) in [4.78, 5) is 4.56. The summed E-state index contributed by atoms with van der Waals surface area (Å²) in [5.41, 5.74) is 0.702. The van der Waals surface area contributed by atoms with E-state index in [0.717, 1.165) is 12.8 Å². The van der Waals surface area contributed by atoms with Crippen LogP contribution in [0.2, 0.25) is 18.6 Å². The molecule has 0 bridgehead atoms. The number of nitrogens with zero attached hydrogens (tertiary/aromatic N) is 1. The predicted molar refractivity (Wildman–Crippen MR) is 79.3 cm³/mol. The molecule has 17 heavy (non-hydrogen) atoms. The van der Waals surface area contributed by atoms with Crippen molar-refractivity contribution >= 4 is 13.4 Å². The zero-order valence-corrected chi connectivity index (χ0v) is 12.0. The van der Waals surface area contributed by atoms with Gasteiger partial charge in [0.25, 0.3) is 0 Å². The summed E-state index contributed by atoms with van der Waals surface area (Å²) in [6, 6.07) is 6.26. The number of hydrogen-bond acceptors (Lipinski definition) is 1. The maximum Gasteiger partial charge on any atom is 0.108 e. The topological polar surface area (TPSA) is 12.9 Å². The smallest absolute Gasteiger partial charge is 0.108 e. The highest BCUT2D eigenvalue weighted by Gasteiger charge is 2.33. The van der Waals surface area contributed by atoms with Crippen molar-refractivity contribution in [2.75, 3.05) is 0 Å². The first kappa shape index (κ1) is 13.9. The minimum Gasteiger partial charge on any atom is -0.266 e. The SMILES string of the molecule is C=CCCC(CC=C)[Si](C)(C)c1ccccn1. The van der Waals surface area contributed by atoms with Crippen molar-refractivity contribution in [3.8, 4) is 0 Å². The van der Waals surface area contributed by atoms with Crippen LogP contribution in [-0.2, 0) is 0 Å². The molecule has 0 spiro atoms. The number of pyridine rings is 1. The van der Waals surface area contributed by atoms with Crippen molar-refractivity contribution in [1.82, 2.24) is 4.98 Å². The summed E-state index contributed by atoms with van der Waals surface area (Å²) in [5.74, 6) is 0. The predicted octanol–water partition coefficient (Wildman–Crippen LogP) is 3.91. The van der Waals surface area contributed by atoms with Gasteiger partial charge in [-0.05, 0) is 36.9 Å². The zero-order chi connectivity index (χ0) is 12.7. The Morgan fingerprint density at radius 3 is 2.59 bits per heavy atom. The summed E-state index contributed by atoms with van der Waals surface area (Å²) in [6.07, 6.45) is 9.34. The van der Waals surface area contributed by atoms with E-state index in [1.165, 1.54) is 11.7 Å². The summed E-state index contributed by atoms with van der Waals surface area (Å²) < 4.78 is 0.